The third-order valence-corrected chi connectivity index (χ3v) is 5.28. The van der Waals surface area contributed by atoms with Crippen LogP contribution in [0.1, 0.15) is 17.2 Å². The first kappa shape index (κ1) is 22.9. The van der Waals surface area contributed by atoms with Crippen molar-refractivity contribution in [2.24, 2.45) is 0 Å². The molecule has 0 aliphatic carbocycles. The van der Waals surface area contributed by atoms with Crippen molar-refractivity contribution in [1.29, 1.82) is 0 Å². The Bertz CT molecular complexity index is 1180. The van der Waals surface area contributed by atoms with Crippen LogP contribution in [0.5, 0.6) is 5.75 Å². The van der Waals surface area contributed by atoms with Crippen molar-refractivity contribution in [3.05, 3.63) is 96.1 Å². The molecule has 1 aliphatic rings. The summed E-state index contributed by atoms with van der Waals surface area (Å²) in [5, 5.41) is 2.44. The fourth-order valence-corrected chi connectivity index (χ4v) is 3.79. The Kier molecular flexibility index (Phi) is 6.82. The lowest BCUT2D eigenvalue weighted by Crippen LogP contribution is -2.38. The Balaban J connectivity index is 1.55. The average molecular weight is 465 g/mol. The molecule has 0 radical (unpaired) electrons. The van der Waals surface area contributed by atoms with Crippen LogP contribution in [0.25, 0.3) is 0 Å². The minimum Gasteiger partial charge on any atom is -0.433 e. The molecule has 1 saturated heterocycles. The van der Waals surface area contributed by atoms with Gasteiger partial charge in [-0.15, -0.1) is 0 Å². The number of para-hydroxylation sites is 2. The van der Waals surface area contributed by atoms with Gasteiger partial charge in [-0.2, -0.15) is 8.78 Å². The summed E-state index contributed by atoms with van der Waals surface area (Å²) >= 11 is 0. The van der Waals surface area contributed by atoms with E-state index in [9.17, 15) is 23.2 Å². The van der Waals surface area contributed by atoms with Gasteiger partial charge in [-0.05, 0) is 23.3 Å². The highest BCUT2D eigenvalue weighted by Gasteiger charge is 2.46. The number of imide groups is 1. The van der Waals surface area contributed by atoms with Crippen LogP contribution in [0, 0.1) is 0 Å². The number of amides is 4. The summed E-state index contributed by atoms with van der Waals surface area (Å²) in [5.41, 5.74) is 1.46. The SMILES string of the molecule is O=C(CN1C(=O)[C@H](c2ccccc2)N(Cc2ccccc2)C1=O)Nc1ccccc1OC(F)F. The molecular formula is C25H21F2N3O4. The first-order chi connectivity index (χ1) is 16.4. The number of ether oxygens (including phenoxy) is 1. The van der Waals surface area contributed by atoms with Gasteiger partial charge in [-0.3, -0.25) is 14.5 Å². The van der Waals surface area contributed by atoms with Gasteiger partial charge in [-0.25, -0.2) is 4.79 Å². The molecule has 34 heavy (non-hydrogen) atoms. The van der Waals surface area contributed by atoms with E-state index in [1.165, 1.54) is 29.2 Å². The molecule has 9 heteroatoms. The number of nitrogens with zero attached hydrogens (tertiary/aromatic N) is 2. The normalized spacial score (nSPS) is 15.7. The lowest BCUT2D eigenvalue weighted by molar-refractivity contribution is -0.131. The minimum absolute atomic E-state index is 0.00708. The van der Waals surface area contributed by atoms with E-state index >= 15 is 0 Å². The van der Waals surface area contributed by atoms with E-state index < -0.39 is 37.0 Å². The van der Waals surface area contributed by atoms with Gasteiger partial charge in [0.1, 0.15) is 18.3 Å². The maximum atomic E-state index is 13.3. The maximum Gasteiger partial charge on any atom is 0.387 e. The molecule has 1 heterocycles. The van der Waals surface area contributed by atoms with Crippen LogP contribution in [0.15, 0.2) is 84.9 Å². The zero-order valence-electron chi connectivity index (χ0n) is 17.9. The predicted molar refractivity (Wildman–Crippen MR) is 120 cm³/mol. The van der Waals surface area contributed by atoms with Crippen molar-refractivity contribution >= 4 is 23.5 Å². The summed E-state index contributed by atoms with van der Waals surface area (Å²) in [6.07, 6.45) is 0. The molecule has 174 valence electrons. The first-order valence-electron chi connectivity index (χ1n) is 10.5. The van der Waals surface area contributed by atoms with Gasteiger partial charge >= 0.3 is 12.6 Å². The maximum absolute atomic E-state index is 13.3. The second kappa shape index (κ2) is 10.1. The molecule has 4 rings (SSSR count). The second-order valence-corrected chi connectivity index (χ2v) is 7.56. The number of hydrogen-bond donors (Lipinski definition) is 1. The highest BCUT2D eigenvalue weighted by atomic mass is 19.3. The monoisotopic (exact) mass is 465 g/mol. The Labute approximate surface area is 194 Å². The smallest absolute Gasteiger partial charge is 0.387 e. The van der Waals surface area contributed by atoms with Crippen molar-refractivity contribution in [2.45, 2.75) is 19.2 Å². The van der Waals surface area contributed by atoms with E-state index in [2.05, 4.69) is 10.1 Å². The van der Waals surface area contributed by atoms with Crippen LogP contribution in [0.4, 0.5) is 19.3 Å². The molecule has 1 N–H and O–H groups in total. The molecule has 0 spiro atoms. The van der Waals surface area contributed by atoms with Crippen LogP contribution >= 0.6 is 0 Å². The van der Waals surface area contributed by atoms with Gasteiger partial charge in [0.05, 0.1) is 5.69 Å². The zero-order chi connectivity index (χ0) is 24.1. The van der Waals surface area contributed by atoms with Crippen LogP contribution in [0.3, 0.4) is 0 Å². The van der Waals surface area contributed by atoms with Crippen molar-refractivity contribution in [3.63, 3.8) is 0 Å². The molecule has 0 aromatic heterocycles. The number of nitrogens with one attached hydrogen (secondary N) is 1. The third kappa shape index (κ3) is 5.03. The summed E-state index contributed by atoms with van der Waals surface area (Å²) in [6, 6.07) is 22.2. The standard InChI is InChI=1S/C25H21F2N3O4/c26-24(27)34-20-14-8-7-13-19(20)28-21(31)16-30-23(32)22(18-11-5-2-6-12-18)29(25(30)33)15-17-9-3-1-4-10-17/h1-14,22,24H,15-16H2,(H,28,31)/t22-/m0/s1. The summed E-state index contributed by atoms with van der Waals surface area (Å²) < 4.78 is 29.7. The Morgan fingerprint density at radius 2 is 1.53 bits per heavy atom. The largest absolute Gasteiger partial charge is 0.433 e. The first-order valence-corrected chi connectivity index (χ1v) is 10.5. The van der Waals surface area contributed by atoms with E-state index in [4.69, 9.17) is 0 Å². The molecule has 0 bridgehead atoms. The van der Waals surface area contributed by atoms with Gasteiger partial charge < -0.3 is 15.0 Å². The van der Waals surface area contributed by atoms with Crippen LogP contribution in [0.2, 0.25) is 0 Å². The molecule has 3 aromatic rings. The molecule has 1 atom stereocenters. The number of rotatable bonds is 8. The number of anilines is 1. The van der Waals surface area contributed by atoms with Crippen molar-refractivity contribution < 1.29 is 27.9 Å². The lowest BCUT2D eigenvalue weighted by Gasteiger charge is -2.22. The highest BCUT2D eigenvalue weighted by molar-refractivity contribution is 6.08. The van der Waals surface area contributed by atoms with Crippen LogP contribution < -0.4 is 10.1 Å². The van der Waals surface area contributed by atoms with E-state index in [0.29, 0.717) is 5.56 Å². The van der Waals surface area contributed by atoms with Crippen LogP contribution in [-0.4, -0.2) is 40.8 Å². The third-order valence-electron chi connectivity index (χ3n) is 5.28. The van der Waals surface area contributed by atoms with Gasteiger partial charge in [0.2, 0.25) is 5.91 Å². The number of alkyl halides is 2. The predicted octanol–water partition coefficient (Wildman–Crippen LogP) is 4.43. The lowest BCUT2D eigenvalue weighted by atomic mass is 10.1. The van der Waals surface area contributed by atoms with E-state index in [1.54, 1.807) is 30.3 Å². The molecule has 1 fully saturated rings. The number of carbonyl (C=O) groups is 3. The molecule has 4 amide bonds. The molecule has 0 saturated carbocycles. The van der Waals surface area contributed by atoms with Gasteiger partial charge in [0.15, 0.2) is 0 Å². The van der Waals surface area contributed by atoms with Crippen molar-refractivity contribution in [1.82, 2.24) is 9.80 Å². The quantitative estimate of drug-likeness (QED) is 0.499. The zero-order valence-corrected chi connectivity index (χ0v) is 17.9. The summed E-state index contributed by atoms with van der Waals surface area (Å²) in [4.78, 5) is 41.5. The number of halogens is 2. The Morgan fingerprint density at radius 3 is 2.21 bits per heavy atom. The van der Waals surface area contributed by atoms with Crippen molar-refractivity contribution in [2.75, 3.05) is 11.9 Å². The minimum atomic E-state index is -3.07. The number of carbonyl (C=O) groups excluding carboxylic acids is 3. The second-order valence-electron chi connectivity index (χ2n) is 7.56. The topological polar surface area (TPSA) is 79.0 Å². The summed E-state index contributed by atoms with van der Waals surface area (Å²) in [6.45, 7) is -3.47. The summed E-state index contributed by atoms with van der Waals surface area (Å²) in [7, 11) is 0. The Hall–Kier alpha value is -4.27. The average Bonchev–Trinajstić information content (AvgIpc) is 3.05. The molecular weight excluding hydrogens is 444 g/mol. The van der Waals surface area contributed by atoms with Crippen molar-refractivity contribution in [3.8, 4) is 5.75 Å². The van der Waals surface area contributed by atoms with E-state index in [0.717, 1.165) is 10.5 Å². The summed E-state index contributed by atoms with van der Waals surface area (Å²) in [5.74, 6) is -1.49. The number of hydrogen-bond acceptors (Lipinski definition) is 4. The molecule has 3 aromatic carbocycles. The van der Waals surface area contributed by atoms with Crippen LogP contribution in [-0.2, 0) is 16.1 Å². The molecule has 1 aliphatic heterocycles. The van der Waals surface area contributed by atoms with Gasteiger partial charge in [-0.1, -0.05) is 72.8 Å². The highest BCUT2D eigenvalue weighted by Crippen LogP contribution is 2.33. The molecule has 0 unspecified atom stereocenters. The fraction of sp³-hybridized carbons (Fsp3) is 0.160. The van der Waals surface area contributed by atoms with E-state index in [1.807, 2.05) is 30.3 Å². The number of urea groups is 1. The van der Waals surface area contributed by atoms with Gasteiger partial charge in [0, 0.05) is 6.54 Å². The molecule has 7 nitrogen and oxygen atoms in total. The van der Waals surface area contributed by atoms with Gasteiger partial charge in [0.25, 0.3) is 5.91 Å². The number of benzene rings is 3. The van der Waals surface area contributed by atoms with E-state index in [-0.39, 0.29) is 18.0 Å². The Morgan fingerprint density at radius 1 is 0.912 bits per heavy atom. The fourth-order valence-electron chi connectivity index (χ4n) is 3.79.